The number of hydrogen-bond acceptors (Lipinski definition) is 3. The molecule has 0 spiro atoms. The van der Waals surface area contributed by atoms with E-state index >= 15 is 0 Å². The van der Waals surface area contributed by atoms with Gasteiger partial charge in [-0.2, -0.15) is 0 Å². The summed E-state index contributed by atoms with van der Waals surface area (Å²) in [4.78, 5) is 14.5. The largest absolute Gasteiger partial charge is 0.444 e. The first kappa shape index (κ1) is 17.5. The Bertz CT molecular complexity index is 722. The lowest BCUT2D eigenvalue weighted by molar-refractivity contribution is 0.0118. The molecule has 4 nitrogen and oxygen atoms in total. The highest BCUT2D eigenvalue weighted by Crippen LogP contribution is 2.28. The molecule has 1 amide bonds. The monoisotopic (exact) mass is 338 g/mol. The molecule has 1 saturated heterocycles. The number of rotatable bonds is 2. The van der Waals surface area contributed by atoms with Crippen molar-refractivity contribution in [2.45, 2.75) is 32.4 Å². The summed E-state index contributed by atoms with van der Waals surface area (Å²) in [6, 6.07) is 18.7. The first-order chi connectivity index (χ1) is 11.9. The lowest BCUT2D eigenvalue weighted by Crippen LogP contribution is -2.50. The Morgan fingerprint density at radius 1 is 1.08 bits per heavy atom. The van der Waals surface area contributed by atoms with Gasteiger partial charge in [0.15, 0.2) is 0 Å². The molecule has 132 valence electrons. The van der Waals surface area contributed by atoms with E-state index in [2.05, 4.69) is 41.7 Å². The Labute approximate surface area is 149 Å². The third-order valence-corrected chi connectivity index (χ3v) is 4.25. The number of benzene rings is 2. The van der Waals surface area contributed by atoms with Crippen LogP contribution < -0.4 is 5.32 Å². The summed E-state index contributed by atoms with van der Waals surface area (Å²) in [5, 5.41) is 3.39. The third kappa shape index (κ3) is 4.40. The number of piperazine rings is 1. The Kier molecular flexibility index (Phi) is 5.09. The van der Waals surface area contributed by atoms with Gasteiger partial charge in [-0.3, -0.25) is 4.90 Å². The second kappa shape index (κ2) is 7.28. The summed E-state index contributed by atoms with van der Waals surface area (Å²) in [5.41, 5.74) is 2.97. The summed E-state index contributed by atoms with van der Waals surface area (Å²) in [6.45, 7) is 7.87. The summed E-state index contributed by atoms with van der Waals surface area (Å²) < 4.78 is 5.60. The predicted octanol–water partition coefficient (Wildman–Crippen LogP) is 4.24. The third-order valence-electron chi connectivity index (χ3n) is 4.25. The van der Waals surface area contributed by atoms with Crippen molar-refractivity contribution in [2.24, 2.45) is 0 Å². The van der Waals surface area contributed by atoms with E-state index in [1.807, 2.05) is 43.9 Å². The van der Waals surface area contributed by atoms with E-state index in [-0.39, 0.29) is 12.1 Å². The van der Waals surface area contributed by atoms with Crippen molar-refractivity contribution in [2.75, 3.05) is 19.6 Å². The molecule has 2 aromatic rings. The smallest absolute Gasteiger partial charge is 0.410 e. The van der Waals surface area contributed by atoms with Crippen LogP contribution in [0.3, 0.4) is 0 Å². The fourth-order valence-corrected chi connectivity index (χ4v) is 3.10. The summed E-state index contributed by atoms with van der Waals surface area (Å²) in [7, 11) is 0. The Morgan fingerprint density at radius 3 is 2.52 bits per heavy atom. The molecule has 1 N–H and O–H groups in total. The van der Waals surface area contributed by atoms with E-state index in [1.165, 1.54) is 5.56 Å². The minimum Gasteiger partial charge on any atom is -0.444 e. The highest BCUT2D eigenvalue weighted by molar-refractivity contribution is 5.70. The van der Waals surface area contributed by atoms with E-state index in [0.29, 0.717) is 6.54 Å². The zero-order chi connectivity index (χ0) is 17.9. The molecule has 1 fully saturated rings. The van der Waals surface area contributed by atoms with Gasteiger partial charge >= 0.3 is 6.09 Å². The first-order valence-corrected chi connectivity index (χ1v) is 8.80. The van der Waals surface area contributed by atoms with Crippen LogP contribution in [0, 0.1) is 0 Å². The number of amides is 1. The maximum absolute atomic E-state index is 12.6. The molecule has 2 aromatic carbocycles. The van der Waals surface area contributed by atoms with Gasteiger partial charge < -0.3 is 10.1 Å². The van der Waals surface area contributed by atoms with Crippen LogP contribution in [0.2, 0.25) is 0 Å². The molecule has 1 aliphatic rings. The van der Waals surface area contributed by atoms with Gasteiger partial charge in [-0.15, -0.1) is 0 Å². The molecule has 4 heteroatoms. The number of carbonyl (C=O) groups is 1. The molecule has 0 bridgehead atoms. The van der Waals surface area contributed by atoms with Crippen molar-refractivity contribution in [3.8, 4) is 11.1 Å². The van der Waals surface area contributed by atoms with Crippen LogP contribution in [0.15, 0.2) is 54.6 Å². The summed E-state index contributed by atoms with van der Waals surface area (Å²) in [5.74, 6) is 0. The normalized spacial score (nSPS) is 18.0. The topological polar surface area (TPSA) is 41.6 Å². The van der Waals surface area contributed by atoms with Crippen LogP contribution >= 0.6 is 0 Å². The second-order valence-corrected chi connectivity index (χ2v) is 7.39. The van der Waals surface area contributed by atoms with E-state index in [1.54, 1.807) is 0 Å². The van der Waals surface area contributed by atoms with Crippen molar-refractivity contribution in [3.05, 3.63) is 60.2 Å². The number of hydrogen-bond donors (Lipinski definition) is 1. The van der Waals surface area contributed by atoms with Crippen molar-refractivity contribution in [1.82, 2.24) is 10.2 Å². The molecular weight excluding hydrogens is 312 g/mol. The fraction of sp³-hybridized carbons (Fsp3) is 0.381. The molecular formula is C21H26N2O2. The Morgan fingerprint density at radius 2 is 1.80 bits per heavy atom. The van der Waals surface area contributed by atoms with Gasteiger partial charge in [0.1, 0.15) is 5.60 Å². The molecule has 0 aliphatic carbocycles. The Hall–Kier alpha value is -2.33. The van der Waals surface area contributed by atoms with Crippen LogP contribution in [-0.4, -0.2) is 36.2 Å². The van der Waals surface area contributed by atoms with Crippen LogP contribution in [0.25, 0.3) is 11.1 Å². The van der Waals surface area contributed by atoms with E-state index in [4.69, 9.17) is 4.74 Å². The number of nitrogens with one attached hydrogen (secondary N) is 1. The molecule has 1 atom stereocenters. The van der Waals surface area contributed by atoms with Crippen molar-refractivity contribution >= 4 is 6.09 Å². The van der Waals surface area contributed by atoms with Gasteiger partial charge in [-0.05, 0) is 43.5 Å². The standard InChI is InChI=1S/C21H26N2O2/c1-21(2,3)25-20(24)23-13-12-22-15-19(23)18-11-7-10-17(14-18)16-8-5-4-6-9-16/h4-11,14,19,22H,12-13,15H2,1-3H3/t19-/m0/s1. The van der Waals surface area contributed by atoms with E-state index < -0.39 is 5.60 Å². The molecule has 25 heavy (non-hydrogen) atoms. The van der Waals surface area contributed by atoms with E-state index in [9.17, 15) is 4.79 Å². The van der Waals surface area contributed by atoms with Crippen molar-refractivity contribution in [1.29, 1.82) is 0 Å². The predicted molar refractivity (Wildman–Crippen MR) is 100 cm³/mol. The zero-order valence-electron chi connectivity index (χ0n) is 15.2. The maximum atomic E-state index is 12.6. The van der Waals surface area contributed by atoms with E-state index in [0.717, 1.165) is 24.2 Å². The van der Waals surface area contributed by atoms with Crippen molar-refractivity contribution < 1.29 is 9.53 Å². The average Bonchev–Trinajstić information content (AvgIpc) is 2.61. The van der Waals surface area contributed by atoms with Gasteiger partial charge in [0, 0.05) is 19.6 Å². The SMILES string of the molecule is CC(C)(C)OC(=O)N1CCNC[C@H]1c1cccc(-c2ccccc2)c1. The van der Waals surface area contributed by atoms with Gasteiger partial charge in [0.05, 0.1) is 6.04 Å². The first-order valence-electron chi connectivity index (χ1n) is 8.80. The summed E-state index contributed by atoms with van der Waals surface area (Å²) in [6.07, 6.45) is -0.246. The number of ether oxygens (including phenoxy) is 1. The van der Waals surface area contributed by atoms with Gasteiger partial charge in [-0.1, -0.05) is 48.5 Å². The highest BCUT2D eigenvalue weighted by atomic mass is 16.6. The molecule has 1 aliphatic heterocycles. The molecule has 0 saturated carbocycles. The Balaban J connectivity index is 1.87. The number of carbonyl (C=O) groups excluding carboxylic acids is 1. The quantitative estimate of drug-likeness (QED) is 0.891. The van der Waals surface area contributed by atoms with Crippen LogP contribution in [-0.2, 0) is 4.74 Å². The van der Waals surface area contributed by atoms with Crippen LogP contribution in [0.4, 0.5) is 4.79 Å². The zero-order valence-corrected chi connectivity index (χ0v) is 15.2. The molecule has 3 rings (SSSR count). The molecule has 0 aromatic heterocycles. The lowest BCUT2D eigenvalue weighted by Gasteiger charge is -2.37. The fourth-order valence-electron chi connectivity index (χ4n) is 3.10. The van der Waals surface area contributed by atoms with Crippen LogP contribution in [0.5, 0.6) is 0 Å². The van der Waals surface area contributed by atoms with Gasteiger partial charge in [0.2, 0.25) is 0 Å². The maximum Gasteiger partial charge on any atom is 0.410 e. The second-order valence-electron chi connectivity index (χ2n) is 7.39. The number of nitrogens with zero attached hydrogens (tertiary/aromatic N) is 1. The minimum absolute atomic E-state index is 0.0211. The summed E-state index contributed by atoms with van der Waals surface area (Å²) >= 11 is 0. The highest BCUT2D eigenvalue weighted by Gasteiger charge is 2.31. The molecule has 0 radical (unpaired) electrons. The minimum atomic E-state index is -0.488. The van der Waals surface area contributed by atoms with Crippen molar-refractivity contribution in [3.63, 3.8) is 0 Å². The van der Waals surface area contributed by atoms with Gasteiger partial charge in [-0.25, -0.2) is 4.79 Å². The lowest BCUT2D eigenvalue weighted by atomic mass is 9.98. The van der Waals surface area contributed by atoms with Crippen LogP contribution in [0.1, 0.15) is 32.4 Å². The molecule has 0 unspecified atom stereocenters. The van der Waals surface area contributed by atoms with Gasteiger partial charge in [0.25, 0.3) is 0 Å². The average molecular weight is 338 g/mol. The molecule has 1 heterocycles.